The minimum Gasteiger partial charge on any atom is -0.457 e. The maximum atomic E-state index is 12.4. The number of nitrogens with zero attached hydrogens (tertiary/aromatic N) is 3. The molecule has 1 amide bonds. The minimum atomic E-state index is -0.511. The molecular weight excluding hydrogens is 402 g/mol. The number of nitriles is 1. The van der Waals surface area contributed by atoms with Crippen molar-refractivity contribution in [2.75, 3.05) is 13.1 Å². The molecule has 1 aromatic heterocycles. The van der Waals surface area contributed by atoms with Crippen molar-refractivity contribution in [3.63, 3.8) is 0 Å². The van der Waals surface area contributed by atoms with Gasteiger partial charge in [0.2, 0.25) is 0 Å². The average Bonchev–Trinajstić information content (AvgIpc) is 3.41. The summed E-state index contributed by atoms with van der Waals surface area (Å²) >= 11 is 0. The summed E-state index contributed by atoms with van der Waals surface area (Å²) in [6.45, 7) is 6.85. The fourth-order valence-corrected chi connectivity index (χ4v) is 3.83. The molecule has 3 aromatic rings. The number of aromatic nitrogens is 1. The molecule has 1 saturated heterocycles. The number of amides is 1. The van der Waals surface area contributed by atoms with Crippen LogP contribution in [0.3, 0.4) is 0 Å². The Bertz CT molecular complexity index is 1120. The van der Waals surface area contributed by atoms with Crippen molar-refractivity contribution in [1.82, 2.24) is 9.47 Å². The molecule has 0 spiro atoms. The fourth-order valence-electron chi connectivity index (χ4n) is 3.83. The number of likely N-dealkylation sites (tertiary alicyclic amines) is 1. The van der Waals surface area contributed by atoms with E-state index in [9.17, 15) is 10.1 Å². The lowest BCUT2D eigenvalue weighted by atomic mass is 10.0. The molecular formula is C26H27N3O3. The van der Waals surface area contributed by atoms with Crippen LogP contribution in [0.2, 0.25) is 0 Å². The maximum Gasteiger partial charge on any atom is 0.410 e. The third-order valence-electron chi connectivity index (χ3n) is 5.36. The van der Waals surface area contributed by atoms with E-state index in [0.717, 1.165) is 29.2 Å². The van der Waals surface area contributed by atoms with E-state index in [0.29, 0.717) is 18.8 Å². The Labute approximate surface area is 188 Å². The van der Waals surface area contributed by atoms with Crippen LogP contribution < -0.4 is 4.74 Å². The highest BCUT2D eigenvalue weighted by molar-refractivity contribution is 5.68. The van der Waals surface area contributed by atoms with Gasteiger partial charge in [-0.2, -0.15) is 5.26 Å². The summed E-state index contributed by atoms with van der Waals surface area (Å²) in [6.07, 6.45) is 2.56. The molecule has 1 aliphatic heterocycles. The molecule has 4 rings (SSSR count). The predicted molar refractivity (Wildman–Crippen MR) is 122 cm³/mol. The molecule has 0 radical (unpaired) electrons. The van der Waals surface area contributed by atoms with Crippen molar-refractivity contribution in [2.24, 2.45) is 0 Å². The first kappa shape index (κ1) is 21.5. The Morgan fingerprint density at radius 2 is 1.75 bits per heavy atom. The Morgan fingerprint density at radius 1 is 1.06 bits per heavy atom. The average molecular weight is 430 g/mol. The number of hydrogen-bond donors (Lipinski definition) is 0. The van der Waals surface area contributed by atoms with Crippen LogP contribution in [-0.4, -0.2) is 34.3 Å². The van der Waals surface area contributed by atoms with Crippen LogP contribution in [-0.2, 0) is 4.74 Å². The van der Waals surface area contributed by atoms with Gasteiger partial charge in [0, 0.05) is 30.9 Å². The molecule has 0 aliphatic carbocycles. The normalized spacial score (nSPS) is 15.9. The van der Waals surface area contributed by atoms with E-state index in [1.165, 1.54) is 0 Å². The Kier molecular flexibility index (Phi) is 5.91. The number of rotatable bonds is 4. The molecule has 1 atom stereocenters. The summed E-state index contributed by atoms with van der Waals surface area (Å²) < 4.78 is 13.2. The summed E-state index contributed by atoms with van der Waals surface area (Å²) in [5, 5.41) is 9.67. The lowest BCUT2D eigenvalue weighted by Gasteiger charge is -2.24. The van der Waals surface area contributed by atoms with Crippen molar-refractivity contribution in [1.29, 1.82) is 5.26 Å². The third kappa shape index (κ3) is 4.94. The lowest BCUT2D eigenvalue weighted by Crippen LogP contribution is -2.35. The van der Waals surface area contributed by atoms with E-state index < -0.39 is 5.60 Å². The molecule has 6 heteroatoms. The summed E-state index contributed by atoms with van der Waals surface area (Å²) in [5.74, 6) is 1.68. The first-order valence-corrected chi connectivity index (χ1v) is 10.8. The SMILES string of the molecule is CC(C)(C)OC(=O)N1CC[C@@H](c2cc(C#N)n(-c3ccc(Oc4ccccc4)cc3)c2)C1. The van der Waals surface area contributed by atoms with Gasteiger partial charge in [-0.15, -0.1) is 0 Å². The second-order valence-corrected chi connectivity index (χ2v) is 8.96. The summed E-state index contributed by atoms with van der Waals surface area (Å²) in [4.78, 5) is 14.1. The second kappa shape index (κ2) is 8.80. The molecule has 164 valence electrons. The van der Waals surface area contributed by atoms with Crippen LogP contribution in [0.15, 0.2) is 66.9 Å². The number of carbonyl (C=O) groups excluding carboxylic acids is 1. The summed E-state index contributed by atoms with van der Waals surface area (Å²) in [7, 11) is 0. The van der Waals surface area contributed by atoms with Gasteiger partial charge in [0.15, 0.2) is 0 Å². The second-order valence-electron chi connectivity index (χ2n) is 8.96. The van der Waals surface area contributed by atoms with Gasteiger partial charge in [0.1, 0.15) is 28.9 Å². The monoisotopic (exact) mass is 429 g/mol. The molecule has 32 heavy (non-hydrogen) atoms. The quantitative estimate of drug-likeness (QED) is 0.520. The van der Waals surface area contributed by atoms with E-state index in [1.54, 1.807) is 4.90 Å². The lowest BCUT2D eigenvalue weighted by molar-refractivity contribution is 0.0292. The van der Waals surface area contributed by atoms with E-state index in [4.69, 9.17) is 9.47 Å². The van der Waals surface area contributed by atoms with E-state index in [2.05, 4.69) is 6.07 Å². The first-order valence-electron chi connectivity index (χ1n) is 10.8. The molecule has 0 N–H and O–H groups in total. The fraction of sp³-hybridized carbons (Fsp3) is 0.308. The largest absolute Gasteiger partial charge is 0.457 e. The van der Waals surface area contributed by atoms with Gasteiger partial charge in [0.25, 0.3) is 0 Å². The van der Waals surface area contributed by atoms with Crippen LogP contribution in [0, 0.1) is 11.3 Å². The topological polar surface area (TPSA) is 67.5 Å². The molecule has 0 saturated carbocycles. The number of para-hydroxylation sites is 1. The van der Waals surface area contributed by atoms with Gasteiger partial charge in [-0.3, -0.25) is 0 Å². The molecule has 1 fully saturated rings. The highest BCUT2D eigenvalue weighted by atomic mass is 16.6. The minimum absolute atomic E-state index is 0.177. The van der Waals surface area contributed by atoms with Crippen molar-refractivity contribution in [3.8, 4) is 23.3 Å². The number of benzene rings is 2. The van der Waals surface area contributed by atoms with Gasteiger partial charge in [-0.05, 0) is 75.2 Å². The number of ether oxygens (including phenoxy) is 2. The van der Waals surface area contributed by atoms with Gasteiger partial charge in [-0.25, -0.2) is 4.79 Å². The van der Waals surface area contributed by atoms with Crippen LogP contribution in [0.1, 0.15) is 44.4 Å². The first-order chi connectivity index (χ1) is 15.3. The molecule has 6 nitrogen and oxygen atoms in total. The van der Waals surface area contributed by atoms with Crippen LogP contribution in [0.4, 0.5) is 4.79 Å². The van der Waals surface area contributed by atoms with Crippen molar-refractivity contribution in [2.45, 2.75) is 38.7 Å². The maximum absolute atomic E-state index is 12.4. The van der Waals surface area contributed by atoms with E-state index in [1.807, 2.05) is 92.2 Å². The van der Waals surface area contributed by atoms with E-state index in [-0.39, 0.29) is 12.0 Å². The highest BCUT2D eigenvalue weighted by Gasteiger charge is 2.31. The zero-order chi connectivity index (χ0) is 22.7. The third-order valence-corrected chi connectivity index (χ3v) is 5.36. The van der Waals surface area contributed by atoms with E-state index >= 15 is 0 Å². The van der Waals surface area contributed by atoms with Crippen molar-refractivity contribution < 1.29 is 14.3 Å². The van der Waals surface area contributed by atoms with Crippen molar-refractivity contribution >= 4 is 6.09 Å². The summed E-state index contributed by atoms with van der Waals surface area (Å²) in [5.41, 5.74) is 1.99. The Morgan fingerprint density at radius 3 is 2.41 bits per heavy atom. The standard InChI is InChI=1S/C26H27N3O3/c1-26(2,3)32-25(30)28-14-13-19(17-28)20-15-22(16-27)29(18-20)21-9-11-24(12-10-21)31-23-7-5-4-6-8-23/h4-12,15,18-19H,13-14,17H2,1-3H3/t19-/m1/s1. The zero-order valence-electron chi connectivity index (χ0n) is 18.6. The van der Waals surface area contributed by atoms with Gasteiger partial charge in [0.05, 0.1) is 0 Å². The zero-order valence-corrected chi connectivity index (χ0v) is 18.6. The highest BCUT2D eigenvalue weighted by Crippen LogP contribution is 2.31. The Hall–Kier alpha value is -3.72. The number of carbonyl (C=O) groups is 1. The molecule has 1 aliphatic rings. The predicted octanol–water partition coefficient (Wildman–Crippen LogP) is 5.87. The van der Waals surface area contributed by atoms with Gasteiger partial charge >= 0.3 is 6.09 Å². The molecule has 0 bridgehead atoms. The van der Waals surface area contributed by atoms with Crippen LogP contribution in [0.25, 0.3) is 5.69 Å². The molecule has 2 heterocycles. The van der Waals surface area contributed by atoms with Crippen LogP contribution in [0.5, 0.6) is 11.5 Å². The van der Waals surface area contributed by atoms with Gasteiger partial charge < -0.3 is 18.9 Å². The van der Waals surface area contributed by atoms with Crippen LogP contribution >= 0.6 is 0 Å². The molecule has 0 unspecified atom stereocenters. The molecule has 2 aromatic carbocycles. The Balaban J connectivity index is 1.48. The smallest absolute Gasteiger partial charge is 0.410 e. The summed E-state index contributed by atoms with van der Waals surface area (Å²) in [6, 6.07) is 21.5. The van der Waals surface area contributed by atoms with Gasteiger partial charge in [-0.1, -0.05) is 18.2 Å². The number of hydrogen-bond acceptors (Lipinski definition) is 4. The van der Waals surface area contributed by atoms with Crippen molar-refractivity contribution in [3.05, 3.63) is 78.1 Å².